The Morgan fingerprint density at radius 2 is 2.17 bits per heavy atom. The molecule has 0 bridgehead atoms. The zero-order valence-corrected chi connectivity index (χ0v) is 10.1. The largest absolute Gasteiger partial charge is 0.494 e. The molecule has 0 aliphatic rings. The molecule has 0 fully saturated rings. The van der Waals surface area contributed by atoms with E-state index in [1.54, 1.807) is 30.5 Å². The van der Waals surface area contributed by atoms with Crippen molar-refractivity contribution in [3.8, 4) is 5.75 Å². The van der Waals surface area contributed by atoms with Crippen LogP contribution in [0.2, 0.25) is 0 Å². The monoisotopic (exact) mass is 242 g/mol. The van der Waals surface area contributed by atoms with Crippen molar-refractivity contribution in [2.75, 3.05) is 12.8 Å². The van der Waals surface area contributed by atoms with Gasteiger partial charge in [-0.1, -0.05) is 12.1 Å². The molecule has 2 rings (SSSR count). The molecule has 4 heteroatoms. The number of ketones is 1. The number of Topliss-reactive ketones (excluding diaryl/α,β-unsaturated/α-hetero) is 1. The van der Waals surface area contributed by atoms with Gasteiger partial charge in [-0.05, 0) is 29.8 Å². The molecule has 1 heterocycles. The van der Waals surface area contributed by atoms with Gasteiger partial charge >= 0.3 is 0 Å². The molecule has 1 aromatic heterocycles. The van der Waals surface area contributed by atoms with E-state index in [0.717, 1.165) is 5.56 Å². The van der Waals surface area contributed by atoms with E-state index >= 15 is 0 Å². The van der Waals surface area contributed by atoms with E-state index in [4.69, 9.17) is 10.5 Å². The molecule has 18 heavy (non-hydrogen) atoms. The highest BCUT2D eigenvalue weighted by Crippen LogP contribution is 2.17. The molecule has 0 atom stereocenters. The Morgan fingerprint density at radius 1 is 1.33 bits per heavy atom. The third-order valence-corrected chi connectivity index (χ3v) is 2.57. The first-order valence-corrected chi connectivity index (χ1v) is 5.57. The number of rotatable bonds is 4. The minimum Gasteiger partial charge on any atom is -0.494 e. The lowest BCUT2D eigenvalue weighted by Crippen LogP contribution is -2.08. The van der Waals surface area contributed by atoms with Gasteiger partial charge in [0.15, 0.2) is 5.78 Å². The number of ether oxygens (including phenoxy) is 1. The lowest BCUT2D eigenvalue weighted by molar-refractivity contribution is 0.0985. The second-order valence-corrected chi connectivity index (χ2v) is 3.90. The summed E-state index contributed by atoms with van der Waals surface area (Å²) in [6.45, 7) is 0. The Bertz CT molecular complexity index is 567. The van der Waals surface area contributed by atoms with Gasteiger partial charge in [0.05, 0.1) is 7.11 Å². The van der Waals surface area contributed by atoms with Crippen LogP contribution in [-0.2, 0) is 6.42 Å². The fraction of sp³-hybridized carbons (Fsp3) is 0.143. The molecule has 1 aromatic carbocycles. The average molecular weight is 242 g/mol. The lowest BCUT2D eigenvalue weighted by Gasteiger charge is -2.06. The van der Waals surface area contributed by atoms with Gasteiger partial charge in [-0.25, -0.2) is 4.98 Å². The molecule has 0 spiro atoms. The third-order valence-electron chi connectivity index (χ3n) is 2.57. The van der Waals surface area contributed by atoms with Crippen LogP contribution in [0, 0.1) is 0 Å². The molecule has 2 aromatic rings. The van der Waals surface area contributed by atoms with E-state index in [1.165, 1.54) is 7.11 Å². The van der Waals surface area contributed by atoms with Gasteiger partial charge in [-0.3, -0.25) is 4.79 Å². The van der Waals surface area contributed by atoms with E-state index in [2.05, 4.69) is 4.98 Å². The second kappa shape index (κ2) is 5.31. The molecule has 0 aliphatic heterocycles. The van der Waals surface area contributed by atoms with E-state index in [9.17, 15) is 4.79 Å². The minimum atomic E-state index is -0.0851. The summed E-state index contributed by atoms with van der Waals surface area (Å²) in [6, 6.07) is 10.7. The maximum Gasteiger partial charge on any atom is 0.189 e. The van der Waals surface area contributed by atoms with Crippen LogP contribution in [0.15, 0.2) is 42.6 Å². The van der Waals surface area contributed by atoms with Crippen LogP contribution in [0.3, 0.4) is 0 Å². The molecule has 2 N–H and O–H groups in total. The van der Waals surface area contributed by atoms with Gasteiger partial charge in [-0.2, -0.15) is 0 Å². The van der Waals surface area contributed by atoms with Gasteiger partial charge in [0.1, 0.15) is 11.4 Å². The van der Waals surface area contributed by atoms with Crippen molar-refractivity contribution in [2.45, 2.75) is 6.42 Å². The Labute approximate surface area is 105 Å². The zero-order chi connectivity index (χ0) is 13.0. The maximum atomic E-state index is 12.1. The van der Waals surface area contributed by atoms with Crippen molar-refractivity contribution in [1.29, 1.82) is 0 Å². The van der Waals surface area contributed by atoms with Crippen LogP contribution < -0.4 is 10.5 Å². The highest BCUT2D eigenvalue weighted by molar-refractivity contribution is 5.98. The number of anilines is 1. The number of carbonyl (C=O) groups is 1. The first kappa shape index (κ1) is 12.1. The smallest absolute Gasteiger partial charge is 0.189 e. The summed E-state index contributed by atoms with van der Waals surface area (Å²) in [7, 11) is 1.52. The lowest BCUT2D eigenvalue weighted by atomic mass is 10.1. The van der Waals surface area contributed by atoms with Crippen molar-refractivity contribution in [3.63, 3.8) is 0 Å². The summed E-state index contributed by atoms with van der Waals surface area (Å²) in [5.74, 6) is 0.407. The third kappa shape index (κ3) is 2.66. The van der Waals surface area contributed by atoms with E-state index in [0.29, 0.717) is 17.1 Å². The summed E-state index contributed by atoms with van der Waals surface area (Å²) in [5.41, 5.74) is 7.54. The fourth-order valence-corrected chi connectivity index (χ4v) is 1.74. The summed E-state index contributed by atoms with van der Waals surface area (Å²) in [6.07, 6.45) is 1.84. The van der Waals surface area contributed by atoms with Crippen LogP contribution in [0.5, 0.6) is 5.75 Å². The summed E-state index contributed by atoms with van der Waals surface area (Å²) >= 11 is 0. The zero-order valence-electron chi connectivity index (χ0n) is 10.1. The summed E-state index contributed by atoms with van der Waals surface area (Å²) in [5, 5.41) is 0. The molecule has 4 nitrogen and oxygen atoms in total. The van der Waals surface area contributed by atoms with Crippen molar-refractivity contribution in [1.82, 2.24) is 4.98 Å². The van der Waals surface area contributed by atoms with Gasteiger partial charge in [0.2, 0.25) is 0 Å². The van der Waals surface area contributed by atoms with Gasteiger partial charge in [0, 0.05) is 18.3 Å². The predicted octanol–water partition coefficient (Wildman–Crippen LogP) is 2.10. The van der Waals surface area contributed by atoms with Gasteiger partial charge < -0.3 is 10.5 Å². The number of nitrogens with zero attached hydrogens (tertiary/aromatic N) is 1. The standard InChI is InChI=1S/C14H14N2O2/c1-18-13-6-3-7-16-14(13)12(17)9-10-4-2-5-11(15)8-10/h2-8H,9,15H2,1H3. The van der Waals surface area contributed by atoms with Crippen LogP contribution in [0.1, 0.15) is 16.1 Å². The molecular formula is C14H14N2O2. The Balaban J connectivity index is 2.22. The Morgan fingerprint density at radius 3 is 2.89 bits per heavy atom. The SMILES string of the molecule is COc1cccnc1C(=O)Cc1cccc(N)c1. The molecular weight excluding hydrogens is 228 g/mol. The number of benzene rings is 1. The predicted molar refractivity (Wildman–Crippen MR) is 69.7 cm³/mol. The normalized spacial score (nSPS) is 10.1. The van der Waals surface area contributed by atoms with Crippen LogP contribution in [-0.4, -0.2) is 17.9 Å². The van der Waals surface area contributed by atoms with Crippen molar-refractivity contribution in [2.24, 2.45) is 0 Å². The van der Waals surface area contributed by atoms with E-state index < -0.39 is 0 Å². The van der Waals surface area contributed by atoms with Crippen molar-refractivity contribution in [3.05, 3.63) is 53.9 Å². The molecule has 0 unspecified atom stereocenters. The molecule has 0 aliphatic carbocycles. The minimum absolute atomic E-state index is 0.0851. The van der Waals surface area contributed by atoms with Gasteiger partial charge in [0.25, 0.3) is 0 Å². The van der Waals surface area contributed by atoms with E-state index in [-0.39, 0.29) is 12.2 Å². The van der Waals surface area contributed by atoms with Crippen LogP contribution in [0.4, 0.5) is 5.69 Å². The van der Waals surface area contributed by atoms with Crippen LogP contribution >= 0.6 is 0 Å². The summed E-state index contributed by atoms with van der Waals surface area (Å²) < 4.78 is 5.12. The quantitative estimate of drug-likeness (QED) is 0.658. The average Bonchev–Trinajstić information content (AvgIpc) is 2.38. The maximum absolute atomic E-state index is 12.1. The number of pyridine rings is 1. The number of hydrogen-bond donors (Lipinski definition) is 1. The summed E-state index contributed by atoms with van der Waals surface area (Å²) in [4.78, 5) is 16.2. The van der Waals surface area contributed by atoms with E-state index in [1.807, 2.05) is 12.1 Å². The van der Waals surface area contributed by atoms with Crippen molar-refractivity contribution >= 4 is 11.5 Å². The Kier molecular flexibility index (Phi) is 3.57. The number of methoxy groups -OCH3 is 1. The topological polar surface area (TPSA) is 65.2 Å². The number of nitrogen functional groups attached to an aromatic ring is 1. The molecule has 0 radical (unpaired) electrons. The van der Waals surface area contributed by atoms with Crippen molar-refractivity contribution < 1.29 is 9.53 Å². The number of nitrogens with two attached hydrogens (primary N) is 1. The highest BCUT2D eigenvalue weighted by atomic mass is 16.5. The van der Waals surface area contributed by atoms with Crippen LogP contribution in [0.25, 0.3) is 0 Å². The first-order valence-electron chi connectivity index (χ1n) is 5.57. The number of carbonyl (C=O) groups excluding carboxylic acids is 1. The highest BCUT2D eigenvalue weighted by Gasteiger charge is 2.13. The number of aromatic nitrogens is 1. The molecule has 0 saturated carbocycles. The first-order chi connectivity index (χ1) is 8.70. The molecule has 0 saturated heterocycles. The molecule has 92 valence electrons. The number of hydrogen-bond acceptors (Lipinski definition) is 4. The van der Waals surface area contributed by atoms with Gasteiger partial charge in [-0.15, -0.1) is 0 Å². The fourth-order valence-electron chi connectivity index (χ4n) is 1.74. The molecule has 0 amide bonds. The Hall–Kier alpha value is -2.36. The second-order valence-electron chi connectivity index (χ2n) is 3.90.